The van der Waals surface area contributed by atoms with Crippen LogP contribution in [0, 0.1) is 0 Å². The van der Waals surface area contributed by atoms with E-state index in [-0.39, 0.29) is 0 Å². The normalized spacial score (nSPS) is 12.6. The molecule has 0 amide bonds. The van der Waals surface area contributed by atoms with E-state index in [9.17, 15) is 5.11 Å². The molecule has 96 valence electrons. The van der Waals surface area contributed by atoms with Crippen molar-refractivity contribution in [3.63, 3.8) is 0 Å². The van der Waals surface area contributed by atoms with Crippen LogP contribution < -0.4 is 14.8 Å². The zero-order valence-corrected chi connectivity index (χ0v) is 10.9. The van der Waals surface area contributed by atoms with Gasteiger partial charge in [-0.15, -0.1) is 0 Å². The molecule has 17 heavy (non-hydrogen) atoms. The van der Waals surface area contributed by atoms with Gasteiger partial charge in [-0.25, -0.2) is 0 Å². The van der Waals surface area contributed by atoms with Crippen LogP contribution in [0.4, 0.5) is 0 Å². The number of ether oxygens (including phenoxy) is 2. The van der Waals surface area contributed by atoms with E-state index in [2.05, 4.69) is 5.32 Å². The van der Waals surface area contributed by atoms with Crippen LogP contribution in [0.3, 0.4) is 0 Å². The van der Waals surface area contributed by atoms with E-state index in [1.165, 1.54) is 0 Å². The minimum Gasteiger partial charge on any atom is -0.497 e. The summed E-state index contributed by atoms with van der Waals surface area (Å²) in [5.41, 5.74) is 0.786. The highest BCUT2D eigenvalue weighted by molar-refractivity contribution is 5.39. The quantitative estimate of drug-likeness (QED) is 0.794. The first kappa shape index (κ1) is 13.8. The summed E-state index contributed by atoms with van der Waals surface area (Å²) in [5.74, 6) is 1.37. The molecule has 1 aromatic carbocycles. The van der Waals surface area contributed by atoms with Crippen LogP contribution in [0.25, 0.3) is 0 Å². The van der Waals surface area contributed by atoms with Gasteiger partial charge in [-0.2, -0.15) is 0 Å². The first-order valence-corrected chi connectivity index (χ1v) is 5.71. The minimum absolute atomic E-state index is 0.345. The zero-order chi connectivity index (χ0) is 12.8. The van der Waals surface area contributed by atoms with Crippen LogP contribution in [0.2, 0.25) is 0 Å². The van der Waals surface area contributed by atoms with Crippen LogP contribution in [0.15, 0.2) is 18.2 Å². The monoisotopic (exact) mass is 239 g/mol. The Bertz CT molecular complexity index is 330. The predicted octanol–water partition coefficient (Wildman–Crippen LogP) is 1.74. The predicted molar refractivity (Wildman–Crippen MR) is 67.6 cm³/mol. The van der Waals surface area contributed by atoms with Gasteiger partial charge >= 0.3 is 0 Å². The number of hydrogen-bond acceptors (Lipinski definition) is 4. The standard InChI is InChI=1S/C13H21NO3/c1-9(2)14-8-13(15)10-5-11(16-3)7-12(6-10)17-4/h5-7,9,13-15H,8H2,1-4H3. The lowest BCUT2D eigenvalue weighted by molar-refractivity contribution is 0.171. The number of aliphatic hydroxyl groups excluding tert-OH is 1. The summed E-state index contributed by atoms with van der Waals surface area (Å²) in [7, 11) is 3.19. The third-order valence-electron chi connectivity index (χ3n) is 2.48. The number of aliphatic hydroxyl groups is 1. The maximum Gasteiger partial charge on any atom is 0.122 e. The van der Waals surface area contributed by atoms with E-state index in [0.29, 0.717) is 24.1 Å². The zero-order valence-electron chi connectivity index (χ0n) is 10.9. The summed E-state index contributed by atoms with van der Waals surface area (Å²) in [6.07, 6.45) is -0.568. The number of rotatable bonds is 6. The molecular weight excluding hydrogens is 218 g/mol. The van der Waals surface area contributed by atoms with Crippen LogP contribution in [0.1, 0.15) is 25.5 Å². The molecule has 1 atom stereocenters. The summed E-state index contributed by atoms with van der Waals surface area (Å²) in [5, 5.41) is 13.2. The molecule has 0 radical (unpaired) electrons. The Labute approximate surface area is 103 Å². The number of nitrogens with one attached hydrogen (secondary N) is 1. The third kappa shape index (κ3) is 4.24. The van der Waals surface area contributed by atoms with E-state index in [1.807, 2.05) is 26.0 Å². The van der Waals surface area contributed by atoms with Crippen molar-refractivity contribution in [2.75, 3.05) is 20.8 Å². The van der Waals surface area contributed by atoms with Gasteiger partial charge in [0.1, 0.15) is 11.5 Å². The summed E-state index contributed by atoms with van der Waals surface area (Å²) >= 11 is 0. The van der Waals surface area contributed by atoms with Crippen molar-refractivity contribution < 1.29 is 14.6 Å². The molecule has 0 aliphatic rings. The first-order valence-electron chi connectivity index (χ1n) is 5.71. The second-order valence-electron chi connectivity index (χ2n) is 4.22. The minimum atomic E-state index is -0.568. The molecule has 1 rings (SSSR count). The van der Waals surface area contributed by atoms with Gasteiger partial charge in [0, 0.05) is 18.7 Å². The van der Waals surface area contributed by atoms with E-state index in [0.717, 1.165) is 5.56 Å². The Balaban J connectivity index is 2.80. The molecule has 4 heteroatoms. The molecule has 1 aromatic rings. The molecule has 0 aliphatic carbocycles. The van der Waals surface area contributed by atoms with Crippen molar-refractivity contribution in [1.29, 1.82) is 0 Å². The lowest BCUT2D eigenvalue weighted by Crippen LogP contribution is -2.27. The van der Waals surface area contributed by atoms with Crippen molar-refractivity contribution in [3.05, 3.63) is 23.8 Å². The lowest BCUT2D eigenvalue weighted by Gasteiger charge is -2.16. The molecule has 0 saturated carbocycles. The van der Waals surface area contributed by atoms with E-state index < -0.39 is 6.10 Å². The summed E-state index contributed by atoms with van der Waals surface area (Å²) < 4.78 is 10.3. The summed E-state index contributed by atoms with van der Waals surface area (Å²) in [6, 6.07) is 5.76. The highest BCUT2D eigenvalue weighted by Gasteiger charge is 2.11. The van der Waals surface area contributed by atoms with Crippen LogP contribution in [-0.2, 0) is 0 Å². The smallest absolute Gasteiger partial charge is 0.122 e. The van der Waals surface area contributed by atoms with Gasteiger partial charge in [-0.3, -0.25) is 0 Å². The Hall–Kier alpha value is -1.26. The van der Waals surface area contributed by atoms with Gasteiger partial charge in [-0.1, -0.05) is 13.8 Å². The second kappa shape index (κ2) is 6.47. The number of methoxy groups -OCH3 is 2. The first-order chi connectivity index (χ1) is 8.06. The molecule has 0 heterocycles. The van der Waals surface area contributed by atoms with Crippen molar-refractivity contribution >= 4 is 0 Å². The summed E-state index contributed by atoms with van der Waals surface area (Å²) in [6.45, 7) is 4.59. The number of benzene rings is 1. The van der Waals surface area contributed by atoms with E-state index in [4.69, 9.17) is 9.47 Å². The molecular formula is C13H21NO3. The number of hydrogen-bond donors (Lipinski definition) is 2. The molecule has 1 unspecified atom stereocenters. The van der Waals surface area contributed by atoms with Gasteiger partial charge < -0.3 is 19.9 Å². The fourth-order valence-electron chi connectivity index (χ4n) is 1.49. The molecule has 4 nitrogen and oxygen atoms in total. The molecule has 2 N–H and O–H groups in total. The topological polar surface area (TPSA) is 50.7 Å². The molecule has 0 aromatic heterocycles. The molecule has 0 bridgehead atoms. The van der Waals surface area contributed by atoms with Crippen molar-refractivity contribution in [2.24, 2.45) is 0 Å². The van der Waals surface area contributed by atoms with Crippen molar-refractivity contribution in [2.45, 2.75) is 26.0 Å². The molecule has 0 saturated heterocycles. The van der Waals surface area contributed by atoms with Crippen LogP contribution >= 0.6 is 0 Å². The molecule has 0 spiro atoms. The van der Waals surface area contributed by atoms with Gasteiger partial charge in [0.05, 0.1) is 20.3 Å². The van der Waals surface area contributed by atoms with Crippen molar-refractivity contribution in [1.82, 2.24) is 5.32 Å². The second-order valence-corrected chi connectivity index (χ2v) is 4.22. The van der Waals surface area contributed by atoms with E-state index >= 15 is 0 Å². The maximum atomic E-state index is 10.0. The average molecular weight is 239 g/mol. The molecule has 0 aliphatic heterocycles. The maximum absolute atomic E-state index is 10.0. The lowest BCUT2D eigenvalue weighted by atomic mass is 10.1. The fraction of sp³-hybridized carbons (Fsp3) is 0.538. The fourth-order valence-corrected chi connectivity index (χ4v) is 1.49. The highest BCUT2D eigenvalue weighted by Crippen LogP contribution is 2.26. The van der Waals surface area contributed by atoms with Gasteiger partial charge in [0.25, 0.3) is 0 Å². The summed E-state index contributed by atoms with van der Waals surface area (Å²) in [4.78, 5) is 0. The van der Waals surface area contributed by atoms with Crippen molar-refractivity contribution in [3.8, 4) is 11.5 Å². The third-order valence-corrected chi connectivity index (χ3v) is 2.48. The largest absolute Gasteiger partial charge is 0.497 e. The Morgan fingerprint density at radius 2 is 1.65 bits per heavy atom. The van der Waals surface area contributed by atoms with Crippen LogP contribution in [-0.4, -0.2) is 31.9 Å². The van der Waals surface area contributed by atoms with Gasteiger partial charge in [0.15, 0.2) is 0 Å². The van der Waals surface area contributed by atoms with E-state index in [1.54, 1.807) is 20.3 Å². The van der Waals surface area contributed by atoms with Gasteiger partial charge in [-0.05, 0) is 17.7 Å². The Morgan fingerprint density at radius 3 is 2.06 bits per heavy atom. The highest BCUT2D eigenvalue weighted by atomic mass is 16.5. The molecule has 0 fully saturated rings. The Morgan fingerprint density at radius 1 is 1.12 bits per heavy atom. The Kier molecular flexibility index (Phi) is 5.25. The SMILES string of the molecule is COc1cc(OC)cc(C(O)CNC(C)C)c1. The van der Waals surface area contributed by atoms with Gasteiger partial charge in [0.2, 0.25) is 0 Å². The van der Waals surface area contributed by atoms with Crippen LogP contribution in [0.5, 0.6) is 11.5 Å². The average Bonchev–Trinajstić information content (AvgIpc) is 2.34.